The minimum atomic E-state index is -0.551. The van der Waals surface area contributed by atoms with Gasteiger partial charge in [0.2, 0.25) is 11.8 Å². The molecule has 0 aliphatic carbocycles. The fourth-order valence-corrected chi connectivity index (χ4v) is 4.15. The van der Waals surface area contributed by atoms with Crippen LogP contribution >= 0.6 is 0 Å². The third kappa shape index (κ3) is 5.27. The van der Waals surface area contributed by atoms with E-state index >= 15 is 0 Å². The first-order chi connectivity index (χ1) is 13.9. The van der Waals surface area contributed by atoms with Crippen molar-refractivity contribution < 1.29 is 24.0 Å². The van der Waals surface area contributed by atoms with Gasteiger partial charge in [0.25, 0.3) is 5.88 Å². The third-order valence-electron chi connectivity index (χ3n) is 5.82. The summed E-state index contributed by atoms with van der Waals surface area (Å²) in [5.41, 5.74) is 5.46. The van der Waals surface area contributed by atoms with Crippen molar-refractivity contribution in [2.75, 3.05) is 32.8 Å². The summed E-state index contributed by atoms with van der Waals surface area (Å²) in [5, 5.41) is 13.5. The third-order valence-corrected chi connectivity index (χ3v) is 5.82. The molecule has 3 N–H and O–H groups in total. The number of carbonyl (C=O) groups excluding carboxylic acids is 2. The second-order valence-electron chi connectivity index (χ2n) is 8.30. The zero-order valence-corrected chi connectivity index (χ0v) is 17.2. The van der Waals surface area contributed by atoms with Crippen molar-refractivity contribution in [1.82, 2.24) is 15.0 Å². The van der Waals surface area contributed by atoms with Crippen molar-refractivity contribution in [3.8, 4) is 5.88 Å². The minimum absolute atomic E-state index is 0.0304. The topological polar surface area (TPSA) is 122 Å². The van der Waals surface area contributed by atoms with Crippen molar-refractivity contribution >= 4 is 11.8 Å². The molecule has 1 aromatic rings. The summed E-state index contributed by atoms with van der Waals surface area (Å²) in [7, 11) is 0. The van der Waals surface area contributed by atoms with Crippen LogP contribution in [-0.4, -0.2) is 76.8 Å². The number of nitrogens with two attached hydrogens (primary N) is 1. The van der Waals surface area contributed by atoms with Crippen molar-refractivity contribution in [3.63, 3.8) is 0 Å². The van der Waals surface area contributed by atoms with E-state index in [4.69, 9.17) is 15.0 Å². The summed E-state index contributed by atoms with van der Waals surface area (Å²) in [4.78, 5) is 28.6. The summed E-state index contributed by atoms with van der Waals surface area (Å²) in [6, 6.07) is 1.11. The molecule has 2 aliphatic heterocycles. The van der Waals surface area contributed by atoms with Gasteiger partial charge < -0.3 is 25.0 Å². The average molecular weight is 408 g/mol. The predicted molar refractivity (Wildman–Crippen MR) is 105 cm³/mol. The molecule has 2 fully saturated rings. The number of piperidine rings is 1. The Labute approximate surface area is 171 Å². The first-order valence-electron chi connectivity index (χ1n) is 10.5. The Kier molecular flexibility index (Phi) is 7.13. The highest BCUT2D eigenvalue weighted by Crippen LogP contribution is 2.32. The first kappa shape index (κ1) is 21.6. The van der Waals surface area contributed by atoms with E-state index in [1.165, 1.54) is 0 Å². The van der Waals surface area contributed by atoms with E-state index in [0.717, 1.165) is 38.9 Å². The van der Waals surface area contributed by atoms with Crippen LogP contribution in [0.4, 0.5) is 0 Å². The minimum Gasteiger partial charge on any atom is -0.474 e. The molecule has 1 aromatic heterocycles. The Hall–Kier alpha value is -2.13. The maximum atomic E-state index is 13.1. The highest BCUT2D eigenvalue weighted by Gasteiger charge is 2.39. The lowest BCUT2D eigenvalue weighted by Crippen LogP contribution is -2.46. The first-order valence-corrected chi connectivity index (χ1v) is 10.5. The van der Waals surface area contributed by atoms with Gasteiger partial charge in [-0.3, -0.25) is 14.5 Å². The fraction of sp³-hybridized carbons (Fsp3) is 0.750. The Morgan fingerprint density at radius 2 is 2.03 bits per heavy atom. The Bertz CT molecular complexity index is 699. The van der Waals surface area contributed by atoms with Crippen molar-refractivity contribution in [2.24, 2.45) is 11.7 Å². The lowest BCUT2D eigenvalue weighted by atomic mass is 9.91. The van der Waals surface area contributed by atoms with Crippen LogP contribution < -0.4 is 10.5 Å². The maximum absolute atomic E-state index is 13.1. The van der Waals surface area contributed by atoms with Crippen LogP contribution in [-0.2, 0) is 9.59 Å². The monoisotopic (exact) mass is 408 g/mol. The van der Waals surface area contributed by atoms with E-state index in [0.29, 0.717) is 31.2 Å². The van der Waals surface area contributed by atoms with Gasteiger partial charge in [-0.15, -0.1) is 0 Å². The van der Waals surface area contributed by atoms with Gasteiger partial charge in [-0.05, 0) is 36.8 Å². The molecular formula is C20H32N4O5. The van der Waals surface area contributed by atoms with Gasteiger partial charge in [-0.1, -0.05) is 13.8 Å². The molecule has 2 saturated heterocycles. The van der Waals surface area contributed by atoms with E-state index in [2.05, 4.69) is 10.1 Å². The van der Waals surface area contributed by atoms with Gasteiger partial charge in [0.05, 0.1) is 6.10 Å². The SMILES string of the molecule is CC(C)[C@@H](C(=O)N1CCC[C@H]1C(N)=O)c1cc(OCCN2CCC(O)CC2)no1. The second kappa shape index (κ2) is 9.58. The Morgan fingerprint density at radius 1 is 1.31 bits per heavy atom. The number of amides is 2. The molecule has 0 saturated carbocycles. The van der Waals surface area contributed by atoms with Gasteiger partial charge in [0.15, 0.2) is 5.76 Å². The lowest BCUT2D eigenvalue weighted by Gasteiger charge is -2.29. The number of aliphatic hydroxyl groups excluding tert-OH is 1. The molecular weight excluding hydrogens is 376 g/mol. The van der Waals surface area contributed by atoms with E-state index in [9.17, 15) is 14.7 Å². The number of aromatic nitrogens is 1. The molecule has 3 rings (SSSR count). The second-order valence-corrected chi connectivity index (χ2v) is 8.30. The van der Waals surface area contributed by atoms with Crippen molar-refractivity contribution in [1.29, 1.82) is 0 Å². The zero-order chi connectivity index (χ0) is 21.0. The molecule has 0 bridgehead atoms. The molecule has 0 unspecified atom stereocenters. The number of rotatable bonds is 8. The van der Waals surface area contributed by atoms with Crippen molar-refractivity contribution in [2.45, 2.75) is 57.6 Å². The van der Waals surface area contributed by atoms with Crippen molar-refractivity contribution in [3.05, 3.63) is 11.8 Å². The fourth-order valence-electron chi connectivity index (χ4n) is 4.15. The number of primary amides is 1. The summed E-state index contributed by atoms with van der Waals surface area (Å²) >= 11 is 0. The molecule has 2 atom stereocenters. The number of nitrogens with zero attached hydrogens (tertiary/aromatic N) is 3. The summed E-state index contributed by atoms with van der Waals surface area (Å²) in [5.74, 6) is -0.402. The van der Waals surface area contributed by atoms with Gasteiger partial charge in [0.1, 0.15) is 18.6 Å². The average Bonchev–Trinajstić information content (AvgIpc) is 3.33. The van der Waals surface area contributed by atoms with Gasteiger partial charge in [-0.25, -0.2) is 0 Å². The van der Waals surface area contributed by atoms with E-state index in [-0.39, 0.29) is 17.9 Å². The number of aliphatic hydroxyl groups is 1. The number of hydrogen-bond acceptors (Lipinski definition) is 7. The van der Waals surface area contributed by atoms with Crippen LogP contribution in [0.1, 0.15) is 51.2 Å². The van der Waals surface area contributed by atoms with Crippen LogP contribution in [0.2, 0.25) is 0 Å². The molecule has 0 radical (unpaired) electrons. The molecule has 3 heterocycles. The van der Waals surface area contributed by atoms with Gasteiger partial charge in [0, 0.05) is 32.2 Å². The molecule has 9 nitrogen and oxygen atoms in total. The van der Waals surface area contributed by atoms with E-state index in [1.807, 2.05) is 13.8 Å². The quantitative estimate of drug-likeness (QED) is 0.650. The lowest BCUT2D eigenvalue weighted by molar-refractivity contribution is -0.139. The predicted octanol–water partition coefficient (Wildman–Crippen LogP) is 0.726. The summed E-state index contributed by atoms with van der Waals surface area (Å²) < 4.78 is 11.1. The number of carbonyl (C=O) groups is 2. The smallest absolute Gasteiger partial charge is 0.254 e. The molecule has 0 spiro atoms. The van der Waals surface area contributed by atoms with Crippen LogP contribution in [0.15, 0.2) is 10.6 Å². The van der Waals surface area contributed by atoms with Gasteiger partial charge in [-0.2, -0.15) is 0 Å². The standard InChI is InChI=1S/C20H32N4O5/c1-13(2)18(20(27)24-7-3-4-15(24)19(21)26)16-12-17(22-29-16)28-11-10-23-8-5-14(25)6-9-23/h12-15,18,25H,3-11H2,1-2H3,(H2,21,26)/t15-,18+/m0/s1. The van der Waals surface area contributed by atoms with E-state index in [1.54, 1.807) is 11.0 Å². The summed E-state index contributed by atoms with van der Waals surface area (Å²) in [6.45, 7) is 7.31. The number of ether oxygens (including phenoxy) is 1. The number of hydrogen-bond donors (Lipinski definition) is 2. The molecule has 9 heteroatoms. The summed E-state index contributed by atoms with van der Waals surface area (Å²) in [6.07, 6.45) is 2.75. The normalized spacial score (nSPS) is 22.2. The zero-order valence-electron chi connectivity index (χ0n) is 17.2. The maximum Gasteiger partial charge on any atom is 0.254 e. The van der Waals surface area contributed by atoms with Crippen LogP contribution in [0.5, 0.6) is 5.88 Å². The van der Waals surface area contributed by atoms with Crippen LogP contribution in [0.3, 0.4) is 0 Å². The molecule has 162 valence electrons. The van der Waals surface area contributed by atoms with Crippen LogP contribution in [0, 0.1) is 5.92 Å². The van der Waals surface area contributed by atoms with Gasteiger partial charge >= 0.3 is 0 Å². The molecule has 29 heavy (non-hydrogen) atoms. The highest BCUT2D eigenvalue weighted by molar-refractivity contribution is 5.90. The Balaban J connectivity index is 1.58. The highest BCUT2D eigenvalue weighted by atomic mass is 16.5. The Morgan fingerprint density at radius 3 is 2.69 bits per heavy atom. The molecule has 2 amide bonds. The largest absolute Gasteiger partial charge is 0.474 e. The number of likely N-dealkylation sites (tertiary alicyclic amines) is 2. The molecule has 0 aromatic carbocycles. The van der Waals surface area contributed by atoms with E-state index < -0.39 is 17.9 Å². The molecule has 2 aliphatic rings. The van der Waals surface area contributed by atoms with Crippen LogP contribution in [0.25, 0.3) is 0 Å².